The summed E-state index contributed by atoms with van der Waals surface area (Å²) >= 11 is 0. The van der Waals surface area contributed by atoms with Crippen molar-refractivity contribution in [3.63, 3.8) is 0 Å². The highest BCUT2D eigenvalue weighted by molar-refractivity contribution is 5.85. The van der Waals surface area contributed by atoms with Gasteiger partial charge in [0.15, 0.2) is 0 Å². The van der Waals surface area contributed by atoms with Gasteiger partial charge >= 0.3 is 0 Å². The predicted molar refractivity (Wildman–Crippen MR) is 230 cm³/mol. The van der Waals surface area contributed by atoms with Crippen LogP contribution in [-0.4, -0.2) is 51.0 Å². The minimum Gasteiger partial charge on any atom is -0.379 e. The smallest absolute Gasteiger partial charge is 0.237 e. The van der Waals surface area contributed by atoms with E-state index >= 15 is 0 Å². The van der Waals surface area contributed by atoms with Gasteiger partial charge in [-0.1, -0.05) is 192 Å². The third-order valence-electron chi connectivity index (χ3n) is 9.96. The number of unbranched alkanes of at least 4 members (excludes halogenated alkanes) is 23. The van der Waals surface area contributed by atoms with Crippen molar-refractivity contribution in [3.8, 4) is 0 Å². The molecule has 2 atom stereocenters. The molecule has 0 fully saturated rings. The Labute approximate surface area is 334 Å². The molecule has 6 nitrogen and oxygen atoms in total. The second-order valence-corrected chi connectivity index (χ2v) is 14.8. The highest BCUT2D eigenvalue weighted by Gasteiger charge is 2.19. The second kappa shape index (κ2) is 42.8. The Morgan fingerprint density at radius 2 is 1.08 bits per heavy atom. The quantitative estimate of drug-likeness (QED) is 0.0580. The fourth-order valence-electron chi connectivity index (χ4n) is 6.61. The molecule has 8 heteroatoms. The standard InChI is InChI=1S/C44H83N3O3.2ClH/c1-3-5-7-9-11-13-15-17-19-21-23-30-36-49-40-42(50-37-31-24-22-20-18-16-14-12-10-8-6-4-2)39-47-44(48)43(34-28-29-35-45)46-38-41-32-26-25-27-33-41;;/h25-27,32-33,42-43,46H,3-24,28-31,34-40,45H2,1-2H3,(H,47,48);2*1H/t42?,43-;;/m1../s1. The molecule has 0 saturated carbocycles. The van der Waals surface area contributed by atoms with Crippen LogP contribution in [0, 0.1) is 0 Å². The number of ether oxygens (including phenoxy) is 2. The van der Waals surface area contributed by atoms with E-state index in [1.54, 1.807) is 0 Å². The Kier molecular flexibility index (Phi) is 43.8. The molecule has 1 aromatic rings. The highest BCUT2D eigenvalue weighted by Crippen LogP contribution is 2.14. The number of hydrogen-bond donors (Lipinski definition) is 3. The zero-order chi connectivity index (χ0) is 36.0. The van der Waals surface area contributed by atoms with E-state index in [4.69, 9.17) is 15.2 Å². The van der Waals surface area contributed by atoms with Crippen LogP contribution in [0.1, 0.15) is 193 Å². The van der Waals surface area contributed by atoms with E-state index in [0.717, 1.165) is 45.3 Å². The third kappa shape index (κ3) is 34.9. The maximum atomic E-state index is 13.4. The molecule has 0 bridgehead atoms. The average molecular weight is 775 g/mol. The van der Waals surface area contributed by atoms with E-state index in [0.29, 0.717) is 26.2 Å². The third-order valence-corrected chi connectivity index (χ3v) is 9.96. The molecule has 4 N–H and O–H groups in total. The number of amides is 1. The average Bonchev–Trinajstić information content (AvgIpc) is 3.14. The molecule has 1 unspecified atom stereocenters. The summed E-state index contributed by atoms with van der Waals surface area (Å²) < 4.78 is 12.5. The number of nitrogens with two attached hydrogens (primary N) is 1. The minimum atomic E-state index is -0.249. The maximum Gasteiger partial charge on any atom is 0.237 e. The van der Waals surface area contributed by atoms with Crippen LogP contribution in [0.2, 0.25) is 0 Å². The number of benzene rings is 1. The lowest BCUT2D eigenvalue weighted by Crippen LogP contribution is -2.47. The first-order valence-electron chi connectivity index (χ1n) is 21.7. The number of halogens is 2. The van der Waals surface area contributed by atoms with Gasteiger partial charge in [-0.3, -0.25) is 4.79 Å². The Balaban J connectivity index is 0. The van der Waals surface area contributed by atoms with E-state index in [2.05, 4.69) is 36.6 Å². The molecule has 1 amide bonds. The fourth-order valence-corrected chi connectivity index (χ4v) is 6.61. The first-order chi connectivity index (χ1) is 24.7. The van der Waals surface area contributed by atoms with Crippen LogP contribution >= 0.6 is 24.8 Å². The molecule has 0 saturated heterocycles. The van der Waals surface area contributed by atoms with Crippen LogP contribution < -0.4 is 16.4 Å². The molecule has 0 aliphatic rings. The lowest BCUT2D eigenvalue weighted by Gasteiger charge is -2.22. The highest BCUT2D eigenvalue weighted by atomic mass is 35.5. The summed E-state index contributed by atoms with van der Waals surface area (Å²) in [5.41, 5.74) is 6.93. The molecule has 0 aliphatic heterocycles. The summed E-state index contributed by atoms with van der Waals surface area (Å²) in [4.78, 5) is 13.4. The molecule has 0 radical (unpaired) electrons. The predicted octanol–water partition coefficient (Wildman–Crippen LogP) is 12.0. The monoisotopic (exact) mass is 774 g/mol. The van der Waals surface area contributed by atoms with Crippen molar-refractivity contribution >= 4 is 30.7 Å². The molecule has 1 rings (SSSR count). The SMILES string of the molecule is CCCCCCCCCCCCCCOCC(CNC(=O)[C@@H](CCCCN)NCc1ccccc1)OCCCCCCCCCCCCCC.Cl.Cl. The van der Waals surface area contributed by atoms with Gasteiger partial charge in [0.25, 0.3) is 0 Å². The van der Waals surface area contributed by atoms with Gasteiger partial charge in [0.05, 0.1) is 18.8 Å². The zero-order valence-corrected chi connectivity index (χ0v) is 35.6. The van der Waals surface area contributed by atoms with Crippen molar-refractivity contribution in [2.45, 2.75) is 206 Å². The molecule has 308 valence electrons. The molecule has 0 aromatic heterocycles. The molecular weight excluding hydrogens is 689 g/mol. The number of nitrogens with one attached hydrogen (secondary N) is 2. The van der Waals surface area contributed by atoms with E-state index in [9.17, 15) is 4.79 Å². The van der Waals surface area contributed by atoms with E-state index in [1.807, 2.05) is 18.2 Å². The topological polar surface area (TPSA) is 85.6 Å². The number of carbonyl (C=O) groups is 1. The van der Waals surface area contributed by atoms with Crippen molar-refractivity contribution in [2.75, 3.05) is 32.9 Å². The molecule has 0 aliphatic carbocycles. The molecular formula is C44H85Cl2N3O3. The Hall–Kier alpha value is -0.890. The second-order valence-electron chi connectivity index (χ2n) is 14.8. The Morgan fingerprint density at radius 3 is 1.56 bits per heavy atom. The molecule has 1 aromatic carbocycles. The molecule has 52 heavy (non-hydrogen) atoms. The largest absolute Gasteiger partial charge is 0.379 e. The summed E-state index contributed by atoms with van der Waals surface area (Å²) in [6.45, 7) is 8.40. The van der Waals surface area contributed by atoms with Crippen LogP contribution in [0.5, 0.6) is 0 Å². The first-order valence-corrected chi connectivity index (χ1v) is 21.7. The zero-order valence-electron chi connectivity index (χ0n) is 34.0. The van der Waals surface area contributed by atoms with Crippen molar-refractivity contribution in [1.82, 2.24) is 10.6 Å². The molecule has 0 heterocycles. The summed E-state index contributed by atoms with van der Waals surface area (Å²) in [6, 6.07) is 10.0. The van der Waals surface area contributed by atoms with Crippen molar-refractivity contribution in [3.05, 3.63) is 35.9 Å². The van der Waals surface area contributed by atoms with Gasteiger partial charge in [0.1, 0.15) is 0 Å². The van der Waals surface area contributed by atoms with Crippen LogP contribution in [0.15, 0.2) is 30.3 Å². The van der Waals surface area contributed by atoms with Crippen LogP contribution in [-0.2, 0) is 20.8 Å². The van der Waals surface area contributed by atoms with Crippen molar-refractivity contribution in [1.29, 1.82) is 0 Å². The normalized spacial score (nSPS) is 12.2. The van der Waals surface area contributed by atoms with E-state index < -0.39 is 0 Å². The number of carbonyl (C=O) groups excluding carboxylic acids is 1. The minimum absolute atomic E-state index is 0. The lowest BCUT2D eigenvalue weighted by atomic mass is 10.1. The van der Waals surface area contributed by atoms with Gasteiger partial charge < -0.3 is 25.8 Å². The number of rotatable bonds is 39. The van der Waals surface area contributed by atoms with Gasteiger partial charge in [-0.05, 0) is 37.8 Å². The van der Waals surface area contributed by atoms with E-state index in [1.165, 1.54) is 147 Å². The maximum absolute atomic E-state index is 13.4. The van der Waals surface area contributed by atoms with Gasteiger partial charge in [-0.2, -0.15) is 0 Å². The van der Waals surface area contributed by atoms with Crippen LogP contribution in [0.3, 0.4) is 0 Å². The van der Waals surface area contributed by atoms with Gasteiger partial charge in [0.2, 0.25) is 5.91 Å². The Morgan fingerprint density at radius 1 is 0.615 bits per heavy atom. The van der Waals surface area contributed by atoms with Crippen LogP contribution in [0.4, 0.5) is 0 Å². The first kappa shape index (κ1) is 53.2. The lowest BCUT2D eigenvalue weighted by molar-refractivity contribution is -0.124. The van der Waals surface area contributed by atoms with Gasteiger partial charge in [0, 0.05) is 26.3 Å². The van der Waals surface area contributed by atoms with E-state index in [-0.39, 0.29) is 42.9 Å². The van der Waals surface area contributed by atoms with Crippen molar-refractivity contribution in [2.24, 2.45) is 5.73 Å². The summed E-state index contributed by atoms with van der Waals surface area (Å²) in [7, 11) is 0. The van der Waals surface area contributed by atoms with Crippen LogP contribution in [0.25, 0.3) is 0 Å². The van der Waals surface area contributed by atoms with Crippen molar-refractivity contribution < 1.29 is 14.3 Å². The Bertz CT molecular complexity index is 836. The number of hydrogen-bond acceptors (Lipinski definition) is 5. The molecule has 0 spiro atoms. The summed E-state index contributed by atoms with van der Waals surface area (Å²) in [5.74, 6) is 0.0397. The fraction of sp³-hybridized carbons (Fsp3) is 0.841. The van der Waals surface area contributed by atoms with Gasteiger partial charge in [-0.25, -0.2) is 0 Å². The summed E-state index contributed by atoms with van der Waals surface area (Å²) in [5, 5.41) is 6.69. The van der Waals surface area contributed by atoms with Gasteiger partial charge in [-0.15, -0.1) is 24.8 Å². The summed E-state index contributed by atoms with van der Waals surface area (Å²) in [6.07, 6.45) is 34.6.